The van der Waals surface area contributed by atoms with Gasteiger partial charge in [-0.2, -0.15) is 0 Å². The van der Waals surface area contributed by atoms with Crippen LogP contribution in [0.15, 0.2) is 18.2 Å². The van der Waals surface area contributed by atoms with Crippen molar-refractivity contribution in [3.8, 4) is 5.75 Å². The lowest BCUT2D eigenvalue weighted by Crippen LogP contribution is -2.38. The van der Waals surface area contributed by atoms with E-state index in [9.17, 15) is 9.59 Å². The molecule has 0 saturated heterocycles. The molecule has 0 aliphatic rings. The summed E-state index contributed by atoms with van der Waals surface area (Å²) in [6.45, 7) is 3.45. The molecule has 0 spiro atoms. The van der Waals surface area contributed by atoms with E-state index in [1.165, 1.54) is 0 Å². The lowest BCUT2D eigenvalue weighted by Gasteiger charge is -2.16. The SMILES string of the molecule is Cc1cc(Cl)ccc1OC(C)C(=O)NCC[C@H](O)C(=O)O. The molecule has 3 N–H and O–H groups in total. The molecule has 1 aromatic carbocycles. The third-order valence-electron chi connectivity index (χ3n) is 2.81. The van der Waals surface area contributed by atoms with E-state index in [0.29, 0.717) is 10.8 Å². The van der Waals surface area contributed by atoms with Gasteiger partial charge in [0.25, 0.3) is 5.91 Å². The summed E-state index contributed by atoms with van der Waals surface area (Å²) in [4.78, 5) is 22.2. The average molecular weight is 316 g/mol. The van der Waals surface area contributed by atoms with Gasteiger partial charge in [0, 0.05) is 18.0 Å². The van der Waals surface area contributed by atoms with Gasteiger partial charge in [0.1, 0.15) is 5.75 Å². The topological polar surface area (TPSA) is 95.9 Å². The summed E-state index contributed by atoms with van der Waals surface area (Å²) in [5.41, 5.74) is 0.809. The number of aliphatic hydroxyl groups excluding tert-OH is 1. The van der Waals surface area contributed by atoms with Crippen LogP contribution >= 0.6 is 11.6 Å². The fourth-order valence-electron chi connectivity index (χ4n) is 1.59. The molecule has 0 bridgehead atoms. The highest BCUT2D eigenvalue weighted by atomic mass is 35.5. The molecular weight excluding hydrogens is 298 g/mol. The van der Waals surface area contributed by atoms with Gasteiger partial charge >= 0.3 is 5.97 Å². The van der Waals surface area contributed by atoms with Crippen molar-refractivity contribution in [2.24, 2.45) is 0 Å². The van der Waals surface area contributed by atoms with Crippen LogP contribution in [0.1, 0.15) is 18.9 Å². The summed E-state index contributed by atoms with van der Waals surface area (Å²) in [6.07, 6.45) is -2.29. The standard InChI is InChI=1S/C14H18ClNO5/c1-8-7-10(15)3-4-12(8)21-9(2)13(18)16-6-5-11(17)14(19)20/h3-4,7,9,11,17H,5-6H2,1-2H3,(H,16,18)(H,19,20)/t9?,11-/m0/s1. The number of carboxylic acids is 1. The summed E-state index contributed by atoms with van der Waals surface area (Å²) in [6, 6.07) is 5.07. The number of carbonyl (C=O) groups excluding carboxylic acids is 1. The lowest BCUT2D eigenvalue weighted by atomic mass is 10.2. The Balaban J connectivity index is 2.46. The predicted molar refractivity (Wildman–Crippen MR) is 77.5 cm³/mol. The number of rotatable bonds is 7. The molecule has 21 heavy (non-hydrogen) atoms. The predicted octanol–water partition coefficient (Wildman–Crippen LogP) is 1.37. The van der Waals surface area contributed by atoms with Crippen LogP contribution < -0.4 is 10.1 Å². The lowest BCUT2D eigenvalue weighted by molar-refractivity contribution is -0.147. The van der Waals surface area contributed by atoms with Crippen molar-refractivity contribution >= 4 is 23.5 Å². The van der Waals surface area contributed by atoms with E-state index in [2.05, 4.69) is 5.32 Å². The van der Waals surface area contributed by atoms with Gasteiger partial charge in [-0.3, -0.25) is 4.79 Å². The number of ether oxygens (including phenoxy) is 1. The first-order valence-corrected chi connectivity index (χ1v) is 6.80. The van der Waals surface area contributed by atoms with Gasteiger partial charge in [0.2, 0.25) is 0 Å². The number of carbonyl (C=O) groups is 2. The third-order valence-corrected chi connectivity index (χ3v) is 3.05. The number of benzene rings is 1. The molecule has 0 aromatic heterocycles. The van der Waals surface area contributed by atoms with Gasteiger partial charge in [-0.1, -0.05) is 11.6 Å². The Morgan fingerprint density at radius 2 is 2.10 bits per heavy atom. The van der Waals surface area contributed by atoms with Crippen LogP contribution in [0.4, 0.5) is 0 Å². The van der Waals surface area contributed by atoms with E-state index in [-0.39, 0.29) is 18.9 Å². The highest BCUT2D eigenvalue weighted by Crippen LogP contribution is 2.22. The van der Waals surface area contributed by atoms with Crippen LogP contribution in [-0.2, 0) is 9.59 Å². The van der Waals surface area contributed by atoms with Crippen LogP contribution in [0.25, 0.3) is 0 Å². The zero-order valence-electron chi connectivity index (χ0n) is 11.8. The summed E-state index contributed by atoms with van der Waals surface area (Å²) >= 11 is 5.83. The fourth-order valence-corrected chi connectivity index (χ4v) is 1.81. The van der Waals surface area contributed by atoms with E-state index in [1.54, 1.807) is 25.1 Å². The van der Waals surface area contributed by atoms with Crippen molar-refractivity contribution in [1.82, 2.24) is 5.32 Å². The van der Waals surface area contributed by atoms with Gasteiger partial charge in [0.15, 0.2) is 12.2 Å². The van der Waals surface area contributed by atoms with E-state index >= 15 is 0 Å². The van der Waals surface area contributed by atoms with Crippen LogP contribution in [0.3, 0.4) is 0 Å². The Kier molecular flexibility index (Phi) is 6.45. The maximum Gasteiger partial charge on any atom is 0.332 e. The van der Waals surface area contributed by atoms with Crippen LogP contribution in [0, 0.1) is 6.92 Å². The number of carboxylic acid groups (broad SMARTS) is 1. The van der Waals surface area contributed by atoms with Gasteiger partial charge < -0.3 is 20.3 Å². The van der Waals surface area contributed by atoms with E-state index in [1.807, 2.05) is 6.92 Å². The van der Waals surface area contributed by atoms with Crippen LogP contribution in [0.2, 0.25) is 5.02 Å². The second kappa shape index (κ2) is 7.85. The molecule has 1 amide bonds. The quantitative estimate of drug-likeness (QED) is 0.706. The maximum absolute atomic E-state index is 11.8. The molecule has 0 aliphatic heterocycles. The molecule has 116 valence electrons. The van der Waals surface area contributed by atoms with E-state index in [0.717, 1.165) is 5.56 Å². The normalized spacial score (nSPS) is 13.3. The number of hydrogen-bond donors (Lipinski definition) is 3. The van der Waals surface area contributed by atoms with Crippen LogP contribution in [-0.4, -0.2) is 40.8 Å². The summed E-state index contributed by atoms with van der Waals surface area (Å²) in [7, 11) is 0. The van der Waals surface area contributed by atoms with Crippen LogP contribution in [0.5, 0.6) is 5.75 Å². The molecule has 0 aliphatic carbocycles. The highest BCUT2D eigenvalue weighted by Gasteiger charge is 2.17. The van der Waals surface area contributed by atoms with E-state index in [4.69, 9.17) is 26.6 Å². The van der Waals surface area contributed by atoms with Crippen molar-refractivity contribution in [1.29, 1.82) is 0 Å². The molecule has 1 aromatic rings. The molecular formula is C14H18ClNO5. The van der Waals surface area contributed by atoms with Gasteiger partial charge in [-0.05, 0) is 37.6 Å². The van der Waals surface area contributed by atoms with Gasteiger partial charge in [0.05, 0.1) is 0 Å². The number of hydrogen-bond acceptors (Lipinski definition) is 4. The molecule has 2 atom stereocenters. The first-order chi connectivity index (χ1) is 9.81. The Morgan fingerprint density at radius 3 is 2.67 bits per heavy atom. The zero-order chi connectivity index (χ0) is 16.0. The minimum atomic E-state index is -1.49. The number of aliphatic hydroxyl groups is 1. The molecule has 1 unspecified atom stereocenters. The second-order valence-electron chi connectivity index (χ2n) is 4.60. The third kappa shape index (κ3) is 5.61. The zero-order valence-corrected chi connectivity index (χ0v) is 12.6. The van der Waals surface area contributed by atoms with E-state index < -0.39 is 18.2 Å². The highest BCUT2D eigenvalue weighted by molar-refractivity contribution is 6.30. The monoisotopic (exact) mass is 315 g/mol. The van der Waals surface area contributed by atoms with Crippen molar-refractivity contribution in [3.63, 3.8) is 0 Å². The Labute approximate surface area is 127 Å². The molecule has 0 saturated carbocycles. The second-order valence-corrected chi connectivity index (χ2v) is 5.04. The van der Waals surface area contributed by atoms with Crippen molar-refractivity contribution in [2.75, 3.05) is 6.54 Å². The summed E-state index contributed by atoms with van der Waals surface area (Å²) < 4.78 is 5.52. The Bertz CT molecular complexity index is 520. The molecule has 1 rings (SSSR count). The first kappa shape index (κ1) is 17.3. The minimum absolute atomic E-state index is 0.0552. The number of amides is 1. The summed E-state index contributed by atoms with van der Waals surface area (Å²) in [5, 5.41) is 20.7. The maximum atomic E-state index is 11.8. The van der Waals surface area contributed by atoms with Gasteiger partial charge in [-0.25, -0.2) is 4.79 Å². The van der Waals surface area contributed by atoms with Crippen molar-refractivity contribution in [2.45, 2.75) is 32.5 Å². The Hall–Kier alpha value is -1.79. The molecule has 7 heteroatoms. The molecule has 0 fully saturated rings. The smallest absolute Gasteiger partial charge is 0.332 e. The average Bonchev–Trinajstić information content (AvgIpc) is 2.41. The molecule has 6 nitrogen and oxygen atoms in total. The van der Waals surface area contributed by atoms with Crippen molar-refractivity contribution in [3.05, 3.63) is 28.8 Å². The number of aryl methyl sites for hydroxylation is 1. The largest absolute Gasteiger partial charge is 0.481 e. The van der Waals surface area contributed by atoms with Gasteiger partial charge in [-0.15, -0.1) is 0 Å². The number of halogens is 1. The fraction of sp³-hybridized carbons (Fsp3) is 0.429. The summed E-state index contributed by atoms with van der Waals surface area (Å²) in [5.74, 6) is -1.15. The number of nitrogens with one attached hydrogen (secondary N) is 1. The Morgan fingerprint density at radius 1 is 1.43 bits per heavy atom. The number of aliphatic carboxylic acids is 1. The molecule has 0 heterocycles. The minimum Gasteiger partial charge on any atom is -0.481 e. The molecule has 0 radical (unpaired) electrons. The van der Waals surface area contributed by atoms with Crippen molar-refractivity contribution < 1.29 is 24.5 Å². The first-order valence-electron chi connectivity index (χ1n) is 6.42.